The average Bonchev–Trinajstić information content (AvgIpc) is 3.03. The van der Waals surface area contributed by atoms with Gasteiger partial charge in [0.15, 0.2) is 0 Å². The fourth-order valence-electron chi connectivity index (χ4n) is 2.14. The molecule has 0 spiro atoms. The van der Waals surface area contributed by atoms with Gasteiger partial charge < -0.3 is 19.2 Å². The van der Waals surface area contributed by atoms with Crippen molar-refractivity contribution in [3.8, 4) is 0 Å². The fourth-order valence-corrected chi connectivity index (χ4v) is 2.14. The van der Waals surface area contributed by atoms with Crippen LogP contribution in [0.5, 0.6) is 0 Å². The van der Waals surface area contributed by atoms with Gasteiger partial charge in [-0.05, 0) is 32.9 Å². The minimum absolute atomic E-state index is 0.00392. The first-order chi connectivity index (χ1) is 9.97. The summed E-state index contributed by atoms with van der Waals surface area (Å²) in [6, 6.07) is 3.61. The van der Waals surface area contributed by atoms with E-state index in [-0.39, 0.29) is 12.1 Å². The van der Waals surface area contributed by atoms with Crippen molar-refractivity contribution in [1.82, 2.24) is 15.4 Å². The first kappa shape index (κ1) is 15.2. The molecule has 0 saturated carbocycles. The summed E-state index contributed by atoms with van der Waals surface area (Å²) in [5.41, 5.74) is 1.77. The number of hydrogen-bond acceptors (Lipinski definition) is 4. The molecule has 1 N–H and O–H groups in total. The maximum absolute atomic E-state index is 12.2. The SMILES string of the molecule is Cc1noc(C)c1CN(C)C(=O)N[C@H](C)Cc1ccco1. The van der Waals surface area contributed by atoms with Crippen LogP contribution in [0.3, 0.4) is 0 Å². The number of nitrogens with one attached hydrogen (secondary N) is 1. The molecule has 2 amide bonds. The molecule has 0 unspecified atom stereocenters. The van der Waals surface area contributed by atoms with Gasteiger partial charge in [-0.15, -0.1) is 0 Å². The zero-order chi connectivity index (χ0) is 15.4. The summed E-state index contributed by atoms with van der Waals surface area (Å²) in [6.07, 6.45) is 2.30. The maximum atomic E-state index is 12.2. The molecular formula is C15H21N3O3. The van der Waals surface area contributed by atoms with E-state index in [0.717, 1.165) is 22.8 Å². The van der Waals surface area contributed by atoms with Crippen LogP contribution in [-0.2, 0) is 13.0 Å². The second-order valence-corrected chi connectivity index (χ2v) is 5.29. The molecule has 6 heteroatoms. The molecule has 2 aromatic heterocycles. The summed E-state index contributed by atoms with van der Waals surface area (Å²) in [4.78, 5) is 13.8. The van der Waals surface area contributed by atoms with E-state index >= 15 is 0 Å². The molecule has 114 valence electrons. The number of amides is 2. The Morgan fingerprint density at radius 3 is 2.81 bits per heavy atom. The maximum Gasteiger partial charge on any atom is 0.317 e. The van der Waals surface area contributed by atoms with Crippen molar-refractivity contribution in [2.45, 2.75) is 39.8 Å². The first-order valence-corrected chi connectivity index (χ1v) is 6.93. The Kier molecular flexibility index (Phi) is 4.67. The van der Waals surface area contributed by atoms with Crippen molar-refractivity contribution in [2.24, 2.45) is 0 Å². The molecule has 0 aliphatic rings. The molecule has 2 heterocycles. The standard InChI is InChI=1S/C15H21N3O3/c1-10(8-13-6-5-7-20-13)16-15(19)18(4)9-14-11(2)17-21-12(14)3/h5-7,10H,8-9H2,1-4H3,(H,16,19)/t10-/m1/s1. The van der Waals surface area contributed by atoms with Crippen molar-refractivity contribution in [1.29, 1.82) is 0 Å². The van der Waals surface area contributed by atoms with Gasteiger partial charge in [0.05, 0.1) is 18.5 Å². The molecule has 2 rings (SSSR count). The molecule has 6 nitrogen and oxygen atoms in total. The van der Waals surface area contributed by atoms with Crippen LogP contribution in [0.25, 0.3) is 0 Å². The van der Waals surface area contributed by atoms with Gasteiger partial charge in [0, 0.05) is 25.1 Å². The van der Waals surface area contributed by atoms with Gasteiger partial charge in [-0.25, -0.2) is 4.79 Å². The average molecular weight is 291 g/mol. The molecule has 1 atom stereocenters. The highest BCUT2D eigenvalue weighted by atomic mass is 16.5. The third kappa shape index (κ3) is 3.87. The Hall–Kier alpha value is -2.24. The Morgan fingerprint density at radius 2 is 2.24 bits per heavy atom. The minimum atomic E-state index is -0.131. The van der Waals surface area contributed by atoms with Crippen molar-refractivity contribution < 1.29 is 13.7 Å². The molecule has 0 aliphatic heterocycles. The van der Waals surface area contributed by atoms with E-state index in [1.54, 1.807) is 18.2 Å². The van der Waals surface area contributed by atoms with Crippen LogP contribution in [0.2, 0.25) is 0 Å². The highest BCUT2D eigenvalue weighted by Crippen LogP contribution is 2.14. The van der Waals surface area contributed by atoms with Crippen LogP contribution in [0.4, 0.5) is 4.79 Å². The number of urea groups is 1. The molecule has 0 fully saturated rings. The Labute approximate surface area is 124 Å². The summed E-state index contributed by atoms with van der Waals surface area (Å²) in [7, 11) is 1.75. The van der Waals surface area contributed by atoms with Crippen LogP contribution in [0.1, 0.15) is 29.7 Å². The lowest BCUT2D eigenvalue weighted by Crippen LogP contribution is -2.42. The molecule has 0 aromatic carbocycles. The number of furan rings is 1. The van der Waals surface area contributed by atoms with Gasteiger partial charge in [0.1, 0.15) is 11.5 Å². The van der Waals surface area contributed by atoms with Gasteiger partial charge in [-0.3, -0.25) is 0 Å². The number of carbonyl (C=O) groups excluding carboxylic acids is 1. The zero-order valence-electron chi connectivity index (χ0n) is 12.8. The van der Waals surface area contributed by atoms with Crippen molar-refractivity contribution in [3.63, 3.8) is 0 Å². The van der Waals surface area contributed by atoms with Gasteiger partial charge in [-0.1, -0.05) is 5.16 Å². The van der Waals surface area contributed by atoms with E-state index in [4.69, 9.17) is 8.94 Å². The Morgan fingerprint density at radius 1 is 1.48 bits per heavy atom. The number of aromatic nitrogens is 1. The number of hydrogen-bond donors (Lipinski definition) is 1. The predicted molar refractivity (Wildman–Crippen MR) is 77.8 cm³/mol. The summed E-state index contributed by atoms with van der Waals surface area (Å²) in [6.45, 7) is 6.14. The van der Waals surface area contributed by atoms with E-state index < -0.39 is 0 Å². The normalized spacial score (nSPS) is 12.2. The smallest absolute Gasteiger partial charge is 0.317 e. The lowest BCUT2D eigenvalue weighted by atomic mass is 10.2. The molecule has 0 saturated heterocycles. The third-order valence-electron chi connectivity index (χ3n) is 3.38. The summed E-state index contributed by atoms with van der Waals surface area (Å²) in [5.74, 6) is 1.60. The van der Waals surface area contributed by atoms with Crippen LogP contribution < -0.4 is 5.32 Å². The lowest BCUT2D eigenvalue weighted by molar-refractivity contribution is 0.202. The van der Waals surface area contributed by atoms with Gasteiger partial charge in [0.25, 0.3) is 0 Å². The van der Waals surface area contributed by atoms with E-state index in [0.29, 0.717) is 13.0 Å². The lowest BCUT2D eigenvalue weighted by Gasteiger charge is -2.21. The van der Waals surface area contributed by atoms with Crippen LogP contribution >= 0.6 is 0 Å². The van der Waals surface area contributed by atoms with Gasteiger partial charge >= 0.3 is 6.03 Å². The second-order valence-electron chi connectivity index (χ2n) is 5.29. The van der Waals surface area contributed by atoms with Crippen LogP contribution in [0.15, 0.2) is 27.3 Å². The second kappa shape index (κ2) is 6.47. The molecular weight excluding hydrogens is 270 g/mol. The zero-order valence-corrected chi connectivity index (χ0v) is 12.8. The Bertz CT molecular complexity index is 570. The summed E-state index contributed by atoms with van der Waals surface area (Å²) >= 11 is 0. The number of nitrogens with zero attached hydrogens (tertiary/aromatic N) is 2. The van der Waals surface area contributed by atoms with Gasteiger partial charge in [0.2, 0.25) is 0 Å². The molecule has 2 aromatic rings. The van der Waals surface area contributed by atoms with Crippen molar-refractivity contribution in [2.75, 3.05) is 7.05 Å². The number of aryl methyl sites for hydroxylation is 2. The summed E-state index contributed by atoms with van der Waals surface area (Å²) in [5, 5.41) is 6.84. The van der Waals surface area contributed by atoms with Crippen LogP contribution in [-0.4, -0.2) is 29.2 Å². The van der Waals surface area contributed by atoms with Crippen molar-refractivity contribution >= 4 is 6.03 Å². The van der Waals surface area contributed by atoms with Crippen LogP contribution in [0, 0.1) is 13.8 Å². The third-order valence-corrected chi connectivity index (χ3v) is 3.38. The van der Waals surface area contributed by atoms with E-state index in [9.17, 15) is 4.79 Å². The highest BCUT2D eigenvalue weighted by molar-refractivity contribution is 5.74. The predicted octanol–water partition coefficient (Wildman–Crippen LogP) is 2.66. The monoisotopic (exact) mass is 291 g/mol. The minimum Gasteiger partial charge on any atom is -0.469 e. The Balaban J connectivity index is 1.87. The first-order valence-electron chi connectivity index (χ1n) is 6.93. The fraction of sp³-hybridized carbons (Fsp3) is 0.467. The number of rotatable bonds is 5. The summed E-state index contributed by atoms with van der Waals surface area (Å²) < 4.78 is 10.4. The number of carbonyl (C=O) groups is 1. The largest absolute Gasteiger partial charge is 0.469 e. The van der Waals surface area contributed by atoms with Crippen molar-refractivity contribution in [3.05, 3.63) is 41.2 Å². The molecule has 0 aliphatic carbocycles. The quantitative estimate of drug-likeness (QED) is 0.919. The van der Waals surface area contributed by atoms with Gasteiger partial charge in [-0.2, -0.15) is 0 Å². The topological polar surface area (TPSA) is 71.5 Å². The molecule has 21 heavy (non-hydrogen) atoms. The van der Waals surface area contributed by atoms with E-state index in [1.807, 2.05) is 32.9 Å². The highest BCUT2D eigenvalue weighted by Gasteiger charge is 2.17. The molecule has 0 bridgehead atoms. The van der Waals surface area contributed by atoms with E-state index in [2.05, 4.69) is 10.5 Å². The molecule has 0 radical (unpaired) electrons. The van der Waals surface area contributed by atoms with E-state index in [1.165, 1.54) is 0 Å².